The fourth-order valence-electron chi connectivity index (χ4n) is 10.0. The Morgan fingerprint density at radius 2 is 1.02 bits per heavy atom. The topological polar surface area (TPSA) is 500 Å². The third kappa shape index (κ3) is 14.9. The molecule has 32 heteroatoms. The first-order valence-electron chi connectivity index (χ1n) is 27.8. The largest absolute Gasteiger partial charge is 0.507 e. The lowest BCUT2D eigenvalue weighted by atomic mass is 9.98. The van der Waals surface area contributed by atoms with Crippen LogP contribution in [0.3, 0.4) is 0 Å². The summed E-state index contributed by atoms with van der Waals surface area (Å²) in [6, 6.07) is 13.5. The number of phenols is 5. The van der Waals surface area contributed by atoms with Crippen LogP contribution in [0.2, 0.25) is 0 Å². The first kappa shape index (κ1) is 67.4. The summed E-state index contributed by atoms with van der Waals surface area (Å²) >= 11 is 0. The Morgan fingerprint density at radius 1 is 0.505 bits per heavy atom. The smallest absolute Gasteiger partial charge is 0.402 e. The van der Waals surface area contributed by atoms with E-state index in [1.54, 1.807) is 0 Å². The number of ether oxygens (including phenoxy) is 12. The van der Waals surface area contributed by atoms with Gasteiger partial charge in [0, 0.05) is 36.4 Å². The van der Waals surface area contributed by atoms with Gasteiger partial charge < -0.3 is 144 Å². The third-order valence-electron chi connectivity index (χ3n) is 15.1. The van der Waals surface area contributed by atoms with Crippen molar-refractivity contribution in [1.29, 1.82) is 0 Å². The summed E-state index contributed by atoms with van der Waals surface area (Å²) in [6.07, 6.45) is -30.9. The number of carbonyl (C=O) groups excluding carboxylic acids is 2. The molecule has 494 valence electrons. The SMILES string of the molecule is COc1cc(-c2[o+]c3cc(O)cc(OC4OC(CO)C(O)C(O)C4O)c3cc2OC2OC(COC3OC(C)C(OC(=O)C=Cc4ccc(OC5OC(COC(=O)C=Cc6ccc(O)c(O)c6)C(O)C(O)C5O)c(O)c4)C(O)C3O)C(O)C(O)C2O)cc(OC)c1O. The molecule has 1 aromatic heterocycles. The number of aliphatic hydroxyl groups is 12. The second-order valence-electron chi connectivity index (χ2n) is 21.3. The van der Waals surface area contributed by atoms with E-state index in [1.807, 2.05) is 0 Å². The molecule has 4 aliphatic heterocycles. The zero-order valence-electron chi connectivity index (χ0n) is 48.1. The monoisotopic (exact) mass is 1290 g/mol. The normalized spacial score (nSPS) is 31.9. The van der Waals surface area contributed by atoms with E-state index in [4.69, 9.17) is 61.3 Å². The van der Waals surface area contributed by atoms with Crippen molar-refractivity contribution in [3.8, 4) is 68.8 Å². The minimum absolute atomic E-state index is 0.0583. The Kier molecular flexibility index (Phi) is 21.3. The lowest BCUT2D eigenvalue weighted by Crippen LogP contribution is -2.62. The lowest BCUT2D eigenvalue weighted by molar-refractivity contribution is -0.319. The second kappa shape index (κ2) is 28.7. The van der Waals surface area contributed by atoms with E-state index in [0.29, 0.717) is 5.56 Å². The average molecular weight is 1290 g/mol. The highest BCUT2D eigenvalue weighted by atomic mass is 16.7. The molecule has 5 aromatic rings. The van der Waals surface area contributed by atoms with Crippen molar-refractivity contribution in [3.63, 3.8) is 0 Å². The molecule has 0 amide bonds. The van der Waals surface area contributed by atoms with E-state index in [2.05, 4.69) is 0 Å². The Labute approximate surface area is 514 Å². The van der Waals surface area contributed by atoms with E-state index in [1.165, 1.54) is 81.8 Å². The molecule has 20 unspecified atom stereocenters. The molecule has 4 aliphatic rings. The number of hydrogen-bond acceptors (Lipinski definition) is 31. The van der Waals surface area contributed by atoms with Gasteiger partial charge in [-0.05, 0) is 54.5 Å². The first-order chi connectivity index (χ1) is 43.3. The second-order valence-corrected chi connectivity index (χ2v) is 21.3. The third-order valence-corrected chi connectivity index (χ3v) is 15.1. The van der Waals surface area contributed by atoms with Crippen molar-refractivity contribution in [3.05, 3.63) is 90.0 Å². The van der Waals surface area contributed by atoms with Gasteiger partial charge in [-0.15, -0.1) is 0 Å². The fraction of sp³-hybridized carbons (Fsp3) is 0.441. The van der Waals surface area contributed by atoms with E-state index in [-0.39, 0.29) is 62.4 Å². The quantitative estimate of drug-likeness (QED) is 0.0171. The molecular formula is C59H67O32+. The van der Waals surface area contributed by atoms with Gasteiger partial charge >= 0.3 is 23.3 Å². The molecule has 0 saturated carbocycles. The molecule has 0 spiro atoms. The standard InChI is InChI=1S/C59H66O32/c1-22-54(91-41(66)11-7-24-5-9-31(30(64)13-24)85-57-51(76)47(72)44(69)38(89-57)20-81-40(65)10-6-23-4-8-28(62)29(63)12-23)49(74)53(78)56(83-22)82-21-39-45(70)48(73)52(77)59(90-39)87-36-18-27-32(84-55(36)25-14-34(79-2)42(67)35(15-25)80-3)16-26(61)17-33(27)86-58-50(75)46(71)43(68)37(19-60)88-58/h4-18,22,37-39,43-54,56-60,68-78H,19-21H2,1-3H3,(H4-,61,62,63,64,65,67)/p+1. The summed E-state index contributed by atoms with van der Waals surface area (Å²) in [7, 11) is 2.48. The number of fused-ring (bicyclic) bond motifs is 1. The molecule has 9 rings (SSSR count). The first-order valence-corrected chi connectivity index (χ1v) is 27.8. The summed E-state index contributed by atoms with van der Waals surface area (Å²) < 4.78 is 73.7. The van der Waals surface area contributed by atoms with Gasteiger partial charge in [-0.3, -0.25) is 0 Å². The van der Waals surface area contributed by atoms with E-state index < -0.39 is 178 Å². The van der Waals surface area contributed by atoms with Gasteiger partial charge in [0.05, 0.1) is 45.2 Å². The highest BCUT2D eigenvalue weighted by Gasteiger charge is 2.51. The summed E-state index contributed by atoms with van der Waals surface area (Å²) in [6.45, 7) is -0.825. The minimum atomic E-state index is -2.05. The van der Waals surface area contributed by atoms with Crippen LogP contribution < -0.4 is 23.7 Å². The van der Waals surface area contributed by atoms with Crippen molar-refractivity contribution in [2.75, 3.05) is 34.0 Å². The molecule has 5 heterocycles. The van der Waals surface area contributed by atoms with Gasteiger partial charge in [-0.2, -0.15) is 0 Å². The van der Waals surface area contributed by atoms with Crippen LogP contribution in [0.5, 0.6) is 57.5 Å². The number of methoxy groups -OCH3 is 2. The number of aromatic hydroxyl groups is 5. The number of esters is 2. The zero-order valence-corrected chi connectivity index (χ0v) is 48.1. The van der Waals surface area contributed by atoms with E-state index in [0.717, 1.165) is 30.4 Å². The number of rotatable bonds is 20. The molecular weight excluding hydrogens is 1220 g/mol. The molecule has 4 saturated heterocycles. The van der Waals surface area contributed by atoms with Crippen LogP contribution in [0.4, 0.5) is 0 Å². The summed E-state index contributed by atoms with van der Waals surface area (Å²) in [5.41, 5.74) is 0.402. The Bertz CT molecular complexity index is 3410. The number of benzene rings is 4. The number of carbonyl (C=O) groups is 2. The molecule has 0 bridgehead atoms. The average Bonchev–Trinajstić information content (AvgIpc) is 0.986. The Balaban J connectivity index is 0.832. The van der Waals surface area contributed by atoms with E-state index in [9.17, 15) is 96.4 Å². The molecule has 20 atom stereocenters. The van der Waals surface area contributed by atoms with Crippen molar-refractivity contribution in [2.45, 2.75) is 130 Å². The molecule has 0 radical (unpaired) electrons. The van der Waals surface area contributed by atoms with Crippen molar-refractivity contribution in [2.24, 2.45) is 0 Å². The maximum absolute atomic E-state index is 13.1. The van der Waals surface area contributed by atoms with E-state index >= 15 is 0 Å². The van der Waals surface area contributed by atoms with Gasteiger partial charge in [-0.1, -0.05) is 12.1 Å². The fourth-order valence-corrected chi connectivity index (χ4v) is 10.0. The molecule has 17 N–H and O–H groups in total. The van der Waals surface area contributed by atoms with Crippen LogP contribution in [0, 0.1) is 0 Å². The minimum Gasteiger partial charge on any atom is -0.507 e. The van der Waals surface area contributed by atoms with Crippen molar-refractivity contribution in [1.82, 2.24) is 0 Å². The highest BCUT2D eigenvalue weighted by Crippen LogP contribution is 2.47. The van der Waals surface area contributed by atoms with Crippen LogP contribution in [-0.2, 0) is 42.7 Å². The predicted octanol–water partition coefficient (Wildman–Crippen LogP) is -2.16. The molecule has 4 fully saturated rings. The number of hydrogen-bond donors (Lipinski definition) is 17. The molecule has 32 nitrogen and oxygen atoms in total. The number of aliphatic hydroxyl groups excluding tert-OH is 12. The van der Waals surface area contributed by atoms with Crippen LogP contribution in [0.15, 0.2) is 83.3 Å². The highest BCUT2D eigenvalue weighted by molar-refractivity contribution is 5.90. The summed E-state index contributed by atoms with van der Waals surface area (Å²) in [4.78, 5) is 25.5. The van der Waals surface area contributed by atoms with Crippen LogP contribution in [0.1, 0.15) is 18.1 Å². The summed E-state index contributed by atoms with van der Waals surface area (Å²) in [5, 5.41) is 181. The van der Waals surface area contributed by atoms with Crippen molar-refractivity contribution >= 4 is 35.1 Å². The van der Waals surface area contributed by atoms with Crippen LogP contribution in [0.25, 0.3) is 34.4 Å². The predicted molar refractivity (Wildman–Crippen MR) is 301 cm³/mol. The Hall–Kier alpha value is -7.97. The van der Waals surface area contributed by atoms with Gasteiger partial charge in [-0.25, -0.2) is 14.0 Å². The Morgan fingerprint density at radius 3 is 1.59 bits per heavy atom. The van der Waals surface area contributed by atoms with Crippen LogP contribution in [-0.4, -0.2) is 256 Å². The zero-order chi connectivity index (χ0) is 65.9. The molecule has 91 heavy (non-hydrogen) atoms. The van der Waals surface area contributed by atoms with Gasteiger partial charge in [0.15, 0.2) is 46.9 Å². The lowest BCUT2D eigenvalue weighted by Gasteiger charge is -2.42. The van der Waals surface area contributed by atoms with Gasteiger partial charge in [0.25, 0.3) is 0 Å². The maximum atomic E-state index is 13.1. The summed E-state index contributed by atoms with van der Waals surface area (Å²) in [5.74, 6) is -5.73. The molecule has 0 aliphatic carbocycles. The van der Waals surface area contributed by atoms with Gasteiger partial charge in [0.2, 0.25) is 30.4 Å². The van der Waals surface area contributed by atoms with Crippen molar-refractivity contribution < 1.29 is 158 Å². The number of phenolic OH excluding ortho intramolecular Hbond substituents is 5. The van der Waals surface area contributed by atoms with Crippen LogP contribution >= 0.6 is 0 Å². The maximum Gasteiger partial charge on any atom is 0.402 e. The van der Waals surface area contributed by atoms with Gasteiger partial charge in [0.1, 0.15) is 109 Å². The molecule has 4 aromatic carbocycles.